The van der Waals surface area contributed by atoms with Crippen LogP contribution in [-0.2, 0) is 0 Å². The van der Waals surface area contributed by atoms with E-state index in [0.717, 1.165) is 0 Å². The van der Waals surface area contributed by atoms with Crippen molar-refractivity contribution in [3.8, 4) is 11.8 Å². The Morgan fingerprint density at radius 3 is 3.07 bits per heavy atom. The lowest BCUT2D eigenvalue weighted by Gasteiger charge is -2.08. The van der Waals surface area contributed by atoms with Gasteiger partial charge in [-0.25, -0.2) is 0 Å². The highest BCUT2D eigenvalue weighted by atomic mass is 32.1. The molecule has 5 heteroatoms. The zero-order valence-corrected chi connectivity index (χ0v) is 9.43. The highest BCUT2D eigenvalue weighted by Gasteiger charge is 2.16. The molecule has 1 aromatic heterocycles. The molecule has 0 aliphatic rings. The summed E-state index contributed by atoms with van der Waals surface area (Å²) in [6, 6.07) is 3.30. The molecular weight excluding hydrogens is 212 g/mol. The van der Waals surface area contributed by atoms with Crippen molar-refractivity contribution in [1.82, 2.24) is 5.32 Å². The van der Waals surface area contributed by atoms with E-state index in [1.165, 1.54) is 18.4 Å². The lowest BCUT2D eigenvalue weighted by molar-refractivity contribution is 0.0946. The van der Waals surface area contributed by atoms with Crippen LogP contribution >= 0.6 is 11.3 Å². The first-order valence-electron chi connectivity index (χ1n) is 4.54. The van der Waals surface area contributed by atoms with Crippen LogP contribution in [0.15, 0.2) is 11.4 Å². The monoisotopic (exact) mass is 224 g/mol. The average molecular weight is 224 g/mol. The van der Waals surface area contributed by atoms with Crippen LogP contribution in [0.5, 0.6) is 5.75 Å². The first-order valence-corrected chi connectivity index (χ1v) is 5.42. The molecule has 80 valence electrons. The zero-order chi connectivity index (χ0) is 11.3. The number of nitrogens with one attached hydrogen (secondary N) is 1. The van der Waals surface area contributed by atoms with E-state index in [0.29, 0.717) is 17.0 Å². The molecule has 0 aromatic carbocycles. The fourth-order valence-corrected chi connectivity index (χ4v) is 1.83. The third-order valence-corrected chi connectivity index (χ3v) is 2.82. The SMILES string of the molecule is CC[C@@H](C#N)NC(=O)c1sccc1OC. The van der Waals surface area contributed by atoms with Gasteiger partial charge in [-0.05, 0) is 17.9 Å². The molecule has 1 rings (SSSR count). The Kier molecular flexibility index (Phi) is 4.13. The van der Waals surface area contributed by atoms with Crippen molar-refractivity contribution in [2.24, 2.45) is 0 Å². The van der Waals surface area contributed by atoms with Gasteiger partial charge < -0.3 is 10.1 Å². The second-order valence-electron chi connectivity index (χ2n) is 2.88. The molecule has 1 N–H and O–H groups in total. The Balaban J connectivity index is 2.73. The molecule has 1 amide bonds. The molecule has 1 atom stereocenters. The summed E-state index contributed by atoms with van der Waals surface area (Å²) in [6.07, 6.45) is 0.593. The van der Waals surface area contributed by atoms with Gasteiger partial charge in [0.05, 0.1) is 13.2 Å². The number of nitrogens with zero attached hydrogens (tertiary/aromatic N) is 1. The maximum atomic E-state index is 11.7. The summed E-state index contributed by atoms with van der Waals surface area (Å²) in [5, 5.41) is 13.1. The highest BCUT2D eigenvalue weighted by molar-refractivity contribution is 7.12. The fraction of sp³-hybridized carbons (Fsp3) is 0.400. The molecule has 0 saturated carbocycles. The third-order valence-electron chi connectivity index (χ3n) is 1.92. The minimum atomic E-state index is -0.440. The molecule has 0 saturated heterocycles. The van der Waals surface area contributed by atoms with Crippen molar-refractivity contribution < 1.29 is 9.53 Å². The number of nitriles is 1. The van der Waals surface area contributed by atoms with Gasteiger partial charge >= 0.3 is 0 Å². The topological polar surface area (TPSA) is 62.1 Å². The fourth-order valence-electron chi connectivity index (χ4n) is 1.07. The molecule has 0 bridgehead atoms. The van der Waals surface area contributed by atoms with E-state index in [9.17, 15) is 4.79 Å². The molecule has 15 heavy (non-hydrogen) atoms. The number of amides is 1. The van der Waals surface area contributed by atoms with Gasteiger partial charge in [-0.1, -0.05) is 6.92 Å². The average Bonchev–Trinajstić information content (AvgIpc) is 2.73. The highest BCUT2D eigenvalue weighted by Crippen LogP contribution is 2.24. The standard InChI is InChI=1S/C10H12N2O2S/c1-3-7(6-11)12-10(13)9-8(14-2)4-5-15-9/h4-5,7H,3H2,1-2H3,(H,12,13)/t7-/m0/s1. The molecule has 4 nitrogen and oxygen atoms in total. The molecular formula is C10H12N2O2S. The summed E-state index contributed by atoms with van der Waals surface area (Å²) in [4.78, 5) is 12.2. The van der Waals surface area contributed by atoms with Crippen LogP contribution in [0.1, 0.15) is 23.0 Å². The summed E-state index contributed by atoms with van der Waals surface area (Å²) >= 11 is 1.30. The van der Waals surface area contributed by atoms with Gasteiger partial charge in [-0.2, -0.15) is 5.26 Å². The molecule has 0 aliphatic carbocycles. The van der Waals surface area contributed by atoms with Gasteiger partial charge in [0.1, 0.15) is 16.7 Å². The second-order valence-corrected chi connectivity index (χ2v) is 3.80. The lowest BCUT2D eigenvalue weighted by Crippen LogP contribution is -2.32. The Morgan fingerprint density at radius 2 is 2.53 bits per heavy atom. The van der Waals surface area contributed by atoms with E-state index in [1.54, 1.807) is 11.4 Å². The number of hydrogen-bond donors (Lipinski definition) is 1. The minimum absolute atomic E-state index is 0.254. The Hall–Kier alpha value is -1.54. The van der Waals surface area contributed by atoms with E-state index >= 15 is 0 Å². The van der Waals surface area contributed by atoms with Gasteiger partial charge in [-0.3, -0.25) is 4.79 Å². The van der Waals surface area contributed by atoms with Crippen LogP contribution in [0.25, 0.3) is 0 Å². The number of carbonyl (C=O) groups is 1. The van der Waals surface area contributed by atoms with Gasteiger partial charge in [0.2, 0.25) is 0 Å². The summed E-state index contributed by atoms with van der Waals surface area (Å²) in [5.41, 5.74) is 0. The van der Waals surface area contributed by atoms with E-state index in [-0.39, 0.29) is 5.91 Å². The van der Waals surface area contributed by atoms with E-state index in [1.807, 2.05) is 13.0 Å². The molecule has 0 aliphatic heterocycles. The van der Waals surface area contributed by atoms with Gasteiger partial charge in [-0.15, -0.1) is 11.3 Å². The molecule has 0 spiro atoms. The molecule has 0 fully saturated rings. The van der Waals surface area contributed by atoms with Gasteiger partial charge in [0, 0.05) is 0 Å². The van der Waals surface area contributed by atoms with Crippen LogP contribution in [0.2, 0.25) is 0 Å². The molecule has 0 radical (unpaired) electrons. The number of hydrogen-bond acceptors (Lipinski definition) is 4. The predicted octanol–water partition coefficient (Wildman–Crippen LogP) is 1.79. The quantitative estimate of drug-likeness (QED) is 0.848. The van der Waals surface area contributed by atoms with E-state index in [2.05, 4.69) is 5.32 Å². The predicted molar refractivity (Wildman–Crippen MR) is 58.0 cm³/mol. The third kappa shape index (κ3) is 2.70. The smallest absolute Gasteiger partial charge is 0.266 e. The summed E-state index contributed by atoms with van der Waals surface area (Å²) in [6.45, 7) is 1.85. The van der Waals surface area contributed by atoms with Crippen molar-refractivity contribution in [2.45, 2.75) is 19.4 Å². The van der Waals surface area contributed by atoms with Crippen molar-refractivity contribution in [3.63, 3.8) is 0 Å². The first kappa shape index (κ1) is 11.5. The number of thiophene rings is 1. The maximum absolute atomic E-state index is 11.7. The molecule has 1 aromatic rings. The largest absolute Gasteiger partial charge is 0.495 e. The van der Waals surface area contributed by atoms with E-state index in [4.69, 9.17) is 10.00 Å². The number of rotatable bonds is 4. The minimum Gasteiger partial charge on any atom is -0.495 e. The maximum Gasteiger partial charge on any atom is 0.266 e. The summed E-state index contributed by atoms with van der Waals surface area (Å²) in [7, 11) is 1.51. The van der Waals surface area contributed by atoms with Crippen LogP contribution in [0.3, 0.4) is 0 Å². The number of methoxy groups -OCH3 is 1. The van der Waals surface area contributed by atoms with Crippen molar-refractivity contribution >= 4 is 17.2 Å². The number of carbonyl (C=O) groups excluding carboxylic acids is 1. The van der Waals surface area contributed by atoms with Crippen LogP contribution in [-0.4, -0.2) is 19.1 Å². The summed E-state index contributed by atoms with van der Waals surface area (Å²) < 4.78 is 5.02. The Bertz CT molecular complexity index is 381. The Morgan fingerprint density at radius 1 is 1.80 bits per heavy atom. The Labute approximate surface area is 92.5 Å². The van der Waals surface area contributed by atoms with Crippen LogP contribution < -0.4 is 10.1 Å². The van der Waals surface area contributed by atoms with Crippen molar-refractivity contribution in [1.29, 1.82) is 5.26 Å². The first-order chi connectivity index (χ1) is 7.22. The second kappa shape index (κ2) is 5.37. The lowest BCUT2D eigenvalue weighted by atomic mass is 10.2. The van der Waals surface area contributed by atoms with Crippen LogP contribution in [0.4, 0.5) is 0 Å². The van der Waals surface area contributed by atoms with E-state index < -0.39 is 6.04 Å². The summed E-state index contributed by atoms with van der Waals surface area (Å²) in [5.74, 6) is 0.292. The molecule has 1 heterocycles. The van der Waals surface area contributed by atoms with Gasteiger partial charge in [0.25, 0.3) is 5.91 Å². The van der Waals surface area contributed by atoms with Crippen molar-refractivity contribution in [2.75, 3.05) is 7.11 Å². The normalized spacial score (nSPS) is 11.5. The van der Waals surface area contributed by atoms with Crippen molar-refractivity contribution in [3.05, 3.63) is 16.3 Å². The molecule has 0 unspecified atom stereocenters. The van der Waals surface area contributed by atoms with Crippen LogP contribution in [0, 0.1) is 11.3 Å². The number of ether oxygens (including phenoxy) is 1. The van der Waals surface area contributed by atoms with Gasteiger partial charge in [0.15, 0.2) is 0 Å². The zero-order valence-electron chi connectivity index (χ0n) is 8.61.